The first kappa shape index (κ1) is 46.1. The molecule has 0 bridgehead atoms. The Morgan fingerprint density at radius 3 is 2.30 bits per heavy atom. The van der Waals surface area contributed by atoms with E-state index in [0.717, 1.165) is 19.3 Å². The van der Waals surface area contributed by atoms with Crippen molar-refractivity contribution in [3.8, 4) is 23.0 Å². The minimum absolute atomic E-state index is 0.0488. The monoisotopic (exact) mass is 887 g/mol. The molecule has 0 spiro atoms. The van der Waals surface area contributed by atoms with Gasteiger partial charge in [-0.05, 0) is 81.3 Å². The molecule has 3 aliphatic carbocycles. The molecule has 0 aromatic heterocycles. The number of nitrogens with two attached hydrogens (primary N) is 1. The maximum atomic E-state index is 14.0. The zero-order valence-electron chi connectivity index (χ0n) is 35.8. The van der Waals surface area contributed by atoms with Gasteiger partial charge in [0.25, 0.3) is 0 Å². The summed E-state index contributed by atoms with van der Waals surface area (Å²) in [5.74, 6) is -3.82. The number of hydrogen-bond donors (Lipinski definition) is 8. The number of phenolic OH excluding ortho intramolecular Hbond substituents is 2. The van der Waals surface area contributed by atoms with Crippen LogP contribution < -0.4 is 25.8 Å². The second kappa shape index (κ2) is 18.7. The Hall–Kier alpha value is -5.89. The summed E-state index contributed by atoms with van der Waals surface area (Å²) in [7, 11) is 1.30. The van der Waals surface area contributed by atoms with Gasteiger partial charge in [0.2, 0.25) is 5.78 Å². The number of carbonyl (C=O) groups is 5. The molecule has 18 heteroatoms. The molecular formula is C46H53N3O15. The van der Waals surface area contributed by atoms with Crippen molar-refractivity contribution < 1.29 is 73.2 Å². The van der Waals surface area contributed by atoms with Gasteiger partial charge in [-0.25, -0.2) is 9.59 Å². The van der Waals surface area contributed by atoms with Crippen molar-refractivity contribution in [1.29, 1.82) is 0 Å². The number of rotatable bonds is 10. The van der Waals surface area contributed by atoms with E-state index < -0.39 is 108 Å². The number of nitrogens with one attached hydrogen (secondary N) is 2. The number of methoxy groups -OCH3 is 1. The average molecular weight is 888 g/mol. The Kier molecular flexibility index (Phi) is 13.5. The largest absolute Gasteiger partial charge is 0.507 e. The van der Waals surface area contributed by atoms with E-state index in [1.807, 2.05) is 0 Å². The highest BCUT2D eigenvalue weighted by molar-refractivity contribution is 6.31. The molecule has 64 heavy (non-hydrogen) atoms. The van der Waals surface area contributed by atoms with Crippen molar-refractivity contribution in [2.24, 2.45) is 5.73 Å². The summed E-state index contributed by atoms with van der Waals surface area (Å²) >= 11 is 0. The maximum Gasteiger partial charge on any atom is 0.412 e. The third-order valence-electron chi connectivity index (χ3n) is 12.4. The Morgan fingerprint density at radius 1 is 0.938 bits per heavy atom. The van der Waals surface area contributed by atoms with E-state index >= 15 is 0 Å². The first-order valence-corrected chi connectivity index (χ1v) is 21.1. The van der Waals surface area contributed by atoms with Gasteiger partial charge in [0.15, 0.2) is 17.9 Å². The summed E-state index contributed by atoms with van der Waals surface area (Å²) in [5.41, 5.74) is 3.93. The molecule has 1 fully saturated rings. The minimum atomic E-state index is -2.37. The van der Waals surface area contributed by atoms with Crippen LogP contribution in [0.4, 0.5) is 9.59 Å². The fourth-order valence-corrected chi connectivity index (χ4v) is 9.15. The predicted octanol–water partition coefficient (Wildman–Crippen LogP) is 3.50. The van der Waals surface area contributed by atoms with Crippen LogP contribution in [0.5, 0.6) is 23.0 Å². The van der Waals surface area contributed by atoms with E-state index in [1.165, 1.54) is 32.2 Å². The molecule has 342 valence electrons. The van der Waals surface area contributed by atoms with Gasteiger partial charge in [0.1, 0.15) is 47.9 Å². The average Bonchev–Trinajstić information content (AvgIpc) is 3.25. The molecule has 2 amide bonds. The van der Waals surface area contributed by atoms with Crippen molar-refractivity contribution in [2.45, 2.75) is 121 Å². The highest BCUT2D eigenvalue weighted by Crippen LogP contribution is 2.52. The molecule has 1 aliphatic heterocycles. The highest BCUT2D eigenvalue weighted by Gasteiger charge is 2.50. The number of fused-ring (bicyclic) bond motifs is 3. The fraction of sp³-hybridized carbons (Fsp3) is 0.457. The van der Waals surface area contributed by atoms with Crippen LogP contribution in [0.3, 0.4) is 0 Å². The molecule has 0 radical (unpaired) electrons. The smallest absolute Gasteiger partial charge is 0.412 e. The number of ketones is 3. The SMILES string of the molecule is COc1cccc2c1C(=O)c1c(O)c3c(c(O)c1C2=O)C[C@@](O)(C(=O)CO)C[C@@H]3O[C@H]1C[C@H](NC(=O)OCc2cc(C)c(OC(=O)NC3CC/C=C/CCC3N)c(C)c2)[C@H](O)[C@H](C)O1. The van der Waals surface area contributed by atoms with Crippen LogP contribution in [0.1, 0.15) is 111 Å². The number of aliphatic hydroxyl groups is 3. The molecular weight excluding hydrogens is 835 g/mol. The molecule has 2 unspecified atom stereocenters. The quantitative estimate of drug-likeness (QED) is 0.0836. The van der Waals surface area contributed by atoms with Crippen LogP contribution in [0, 0.1) is 13.8 Å². The summed E-state index contributed by atoms with van der Waals surface area (Å²) in [4.78, 5) is 66.9. The lowest BCUT2D eigenvalue weighted by Gasteiger charge is -2.42. The van der Waals surface area contributed by atoms with Crippen molar-refractivity contribution in [3.05, 3.63) is 92.6 Å². The van der Waals surface area contributed by atoms with E-state index in [1.54, 1.807) is 26.0 Å². The Balaban J connectivity index is 1.06. The van der Waals surface area contributed by atoms with Crippen LogP contribution in [0.25, 0.3) is 0 Å². The number of aryl methyl sites for hydroxylation is 2. The zero-order chi connectivity index (χ0) is 46.2. The van der Waals surface area contributed by atoms with Crippen LogP contribution in [-0.2, 0) is 32.0 Å². The number of allylic oxidation sites excluding steroid dienone is 2. The van der Waals surface area contributed by atoms with E-state index in [0.29, 0.717) is 28.9 Å². The van der Waals surface area contributed by atoms with Gasteiger partial charge in [-0.3, -0.25) is 14.4 Å². The van der Waals surface area contributed by atoms with E-state index in [-0.39, 0.29) is 53.1 Å². The number of aromatic hydroxyl groups is 2. The molecule has 3 aromatic carbocycles. The van der Waals surface area contributed by atoms with Gasteiger partial charge in [-0.15, -0.1) is 0 Å². The number of aliphatic hydroxyl groups excluding tert-OH is 2. The summed E-state index contributed by atoms with van der Waals surface area (Å²) in [5, 5.41) is 61.5. The zero-order valence-corrected chi connectivity index (χ0v) is 35.8. The number of amides is 2. The number of alkyl carbamates (subject to hydrolysis) is 1. The van der Waals surface area contributed by atoms with E-state index in [2.05, 4.69) is 22.8 Å². The number of Topliss-reactive ketones (excluding diaryl/α,β-unsaturated/α-hetero) is 1. The Morgan fingerprint density at radius 2 is 1.61 bits per heavy atom. The van der Waals surface area contributed by atoms with Crippen molar-refractivity contribution >= 4 is 29.5 Å². The first-order valence-electron chi connectivity index (χ1n) is 21.1. The Bertz CT molecular complexity index is 2380. The number of ether oxygens (including phenoxy) is 5. The lowest BCUT2D eigenvalue weighted by Crippen LogP contribution is -2.56. The normalized spacial score (nSPS) is 26.8. The lowest BCUT2D eigenvalue weighted by atomic mass is 9.72. The van der Waals surface area contributed by atoms with E-state index in [9.17, 15) is 49.5 Å². The maximum absolute atomic E-state index is 14.0. The van der Waals surface area contributed by atoms with Gasteiger partial charge >= 0.3 is 12.2 Å². The standard InChI is InChI=1S/C46H53N3O15/c1-21-14-24(15-22(2)43(21)64-45(58)48-28-12-8-6-5-7-11-27(28)47)20-61-44(57)49-29-16-33(62-23(3)38(29)52)63-31-18-46(59,32(51)19-50)17-26-35(31)42(56)37-36(40(26)54)39(53)25-10-9-13-30(60-4)34(25)41(37)55/h5-6,9-10,13-15,23,27-29,31,33,38,50,52,54,56,59H,7-8,11-12,16-20,47H2,1-4H3,(H,48,58)(H,49,57)/b6-5+/t23-,27?,28?,29-,31-,33-,38+,46-/m0/s1. The second-order valence-corrected chi connectivity index (χ2v) is 16.8. The van der Waals surface area contributed by atoms with Gasteiger partial charge in [-0.1, -0.05) is 24.3 Å². The summed E-state index contributed by atoms with van der Waals surface area (Å²) in [6.45, 7) is 3.72. The number of phenols is 2. The van der Waals surface area contributed by atoms with Gasteiger partial charge in [-0.2, -0.15) is 0 Å². The molecule has 4 aliphatic rings. The van der Waals surface area contributed by atoms with Gasteiger partial charge < -0.3 is 65.6 Å². The van der Waals surface area contributed by atoms with Crippen molar-refractivity contribution in [1.82, 2.24) is 10.6 Å². The summed E-state index contributed by atoms with van der Waals surface area (Å²) < 4.78 is 28.7. The molecule has 3 aromatic rings. The van der Waals surface area contributed by atoms with Gasteiger partial charge in [0.05, 0.1) is 42.0 Å². The molecule has 8 atom stereocenters. The fourth-order valence-electron chi connectivity index (χ4n) is 9.15. The van der Waals surface area contributed by atoms with Crippen LogP contribution in [0.15, 0.2) is 42.5 Å². The van der Waals surface area contributed by atoms with Crippen LogP contribution in [-0.4, -0.2) is 111 Å². The molecule has 0 saturated carbocycles. The number of carbonyl (C=O) groups excluding carboxylic acids is 5. The predicted molar refractivity (Wildman–Crippen MR) is 225 cm³/mol. The summed E-state index contributed by atoms with van der Waals surface area (Å²) in [6.07, 6.45) is -0.875. The van der Waals surface area contributed by atoms with Crippen molar-refractivity contribution in [2.75, 3.05) is 13.7 Å². The second-order valence-electron chi connectivity index (χ2n) is 16.8. The molecule has 1 saturated heterocycles. The third kappa shape index (κ3) is 8.93. The number of benzene rings is 3. The third-order valence-corrected chi connectivity index (χ3v) is 12.4. The molecule has 9 N–H and O–H groups in total. The van der Waals surface area contributed by atoms with E-state index in [4.69, 9.17) is 29.4 Å². The highest BCUT2D eigenvalue weighted by atomic mass is 16.7. The Labute approximate surface area is 368 Å². The lowest BCUT2D eigenvalue weighted by molar-refractivity contribution is -0.249. The van der Waals surface area contributed by atoms with Gasteiger partial charge in [0, 0.05) is 48.0 Å². The van der Waals surface area contributed by atoms with Crippen LogP contribution in [0.2, 0.25) is 0 Å². The summed E-state index contributed by atoms with van der Waals surface area (Å²) in [6, 6.07) is 6.21. The van der Waals surface area contributed by atoms with Crippen molar-refractivity contribution in [3.63, 3.8) is 0 Å². The van der Waals surface area contributed by atoms with Crippen LogP contribution >= 0.6 is 0 Å². The molecule has 7 rings (SSSR count). The molecule has 1 heterocycles. The number of hydrogen-bond acceptors (Lipinski definition) is 16. The topological polar surface area (TPSA) is 283 Å². The first-order chi connectivity index (χ1) is 30.5. The molecule has 18 nitrogen and oxygen atoms in total. The minimum Gasteiger partial charge on any atom is -0.507 e.